The Kier molecular flexibility index (Phi) is 10.4. The number of halogens is 4. The predicted octanol–water partition coefficient (Wildman–Crippen LogP) is 4.46. The largest absolute Gasteiger partial charge is 0.484 e. The second-order valence-electron chi connectivity index (χ2n) is 6.69. The summed E-state index contributed by atoms with van der Waals surface area (Å²) in [6, 6.07) is 5.15. The van der Waals surface area contributed by atoms with Crippen LogP contribution in [0, 0.1) is 20.8 Å². The molecule has 0 aliphatic carbocycles. The van der Waals surface area contributed by atoms with Gasteiger partial charge in [0.2, 0.25) is 0 Å². The molecule has 0 amide bonds. The Morgan fingerprint density at radius 2 is 1.93 bits per heavy atom. The summed E-state index contributed by atoms with van der Waals surface area (Å²) in [5.41, 5.74) is 3.31. The fourth-order valence-electron chi connectivity index (χ4n) is 2.76. The third-order valence-electron chi connectivity index (χ3n) is 4.21. The van der Waals surface area contributed by atoms with Gasteiger partial charge in [-0.25, -0.2) is 4.99 Å². The standard InChI is InChI=1S/C20H27F3N4O2.HI/c1-5-24-19(25-9-8-17-14(3)27-29-15(17)4)26-11-16-7-6-13(2)10-18(16)28-12-20(21,22)23;/h6-7,10H,5,8-9,11-12H2,1-4H3,(H2,24,25,26);1H. The summed E-state index contributed by atoms with van der Waals surface area (Å²) >= 11 is 0. The van der Waals surface area contributed by atoms with E-state index in [2.05, 4.69) is 20.8 Å². The highest BCUT2D eigenvalue weighted by molar-refractivity contribution is 14.0. The van der Waals surface area contributed by atoms with Gasteiger partial charge in [-0.1, -0.05) is 17.3 Å². The van der Waals surface area contributed by atoms with Gasteiger partial charge in [0, 0.05) is 24.2 Å². The average molecular weight is 540 g/mol. The third kappa shape index (κ3) is 8.41. The highest BCUT2D eigenvalue weighted by atomic mass is 127. The summed E-state index contributed by atoms with van der Waals surface area (Å²) in [5, 5.41) is 10.3. The molecule has 6 nitrogen and oxygen atoms in total. The number of aryl methyl sites for hydroxylation is 3. The number of benzene rings is 1. The van der Waals surface area contributed by atoms with Gasteiger partial charge in [-0.15, -0.1) is 24.0 Å². The molecule has 10 heteroatoms. The summed E-state index contributed by atoms with van der Waals surface area (Å²) in [6.07, 6.45) is -3.67. The van der Waals surface area contributed by atoms with Crippen molar-refractivity contribution in [2.45, 2.75) is 46.8 Å². The SMILES string of the molecule is CCNC(=NCc1ccc(C)cc1OCC(F)(F)F)NCCc1c(C)noc1C.I. The zero-order chi connectivity index (χ0) is 21.4. The predicted molar refractivity (Wildman–Crippen MR) is 121 cm³/mol. The summed E-state index contributed by atoms with van der Waals surface area (Å²) in [5.74, 6) is 1.55. The number of nitrogens with zero attached hydrogens (tertiary/aromatic N) is 2. The maximum absolute atomic E-state index is 12.5. The number of hydrogen-bond donors (Lipinski definition) is 2. The molecule has 0 aliphatic rings. The van der Waals surface area contributed by atoms with Crippen LogP contribution in [0.4, 0.5) is 13.2 Å². The Balaban J connectivity index is 0.00000450. The lowest BCUT2D eigenvalue weighted by Crippen LogP contribution is -2.38. The Bertz CT molecular complexity index is 818. The summed E-state index contributed by atoms with van der Waals surface area (Å²) < 4.78 is 47.7. The highest BCUT2D eigenvalue weighted by Crippen LogP contribution is 2.24. The first kappa shape index (κ1) is 26.1. The molecule has 30 heavy (non-hydrogen) atoms. The van der Waals surface area contributed by atoms with Crippen LogP contribution in [0.5, 0.6) is 5.75 Å². The topological polar surface area (TPSA) is 71.7 Å². The van der Waals surface area contributed by atoms with E-state index in [9.17, 15) is 13.2 Å². The van der Waals surface area contributed by atoms with Gasteiger partial charge in [-0.05, 0) is 45.7 Å². The van der Waals surface area contributed by atoms with E-state index in [-0.39, 0.29) is 36.3 Å². The minimum absolute atomic E-state index is 0. The van der Waals surface area contributed by atoms with Crippen molar-refractivity contribution < 1.29 is 22.4 Å². The molecular weight excluding hydrogens is 512 g/mol. The number of ether oxygens (including phenoxy) is 1. The monoisotopic (exact) mass is 540 g/mol. The molecule has 0 radical (unpaired) electrons. The molecule has 1 heterocycles. The summed E-state index contributed by atoms with van der Waals surface area (Å²) in [4.78, 5) is 4.48. The molecule has 2 aromatic rings. The van der Waals surface area contributed by atoms with Crippen LogP contribution in [0.25, 0.3) is 0 Å². The molecular formula is C20H28F3IN4O2. The number of nitrogens with one attached hydrogen (secondary N) is 2. The van der Waals surface area contributed by atoms with Gasteiger partial charge in [0.25, 0.3) is 0 Å². The van der Waals surface area contributed by atoms with Crippen molar-refractivity contribution in [2.24, 2.45) is 4.99 Å². The molecule has 0 fully saturated rings. The van der Waals surface area contributed by atoms with E-state index in [0.29, 0.717) is 24.6 Å². The molecule has 0 atom stereocenters. The van der Waals surface area contributed by atoms with Crippen LogP contribution < -0.4 is 15.4 Å². The van der Waals surface area contributed by atoms with E-state index in [1.807, 2.05) is 26.8 Å². The first-order valence-electron chi connectivity index (χ1n) is 9.42. The van der Waals surface area contributed by atoms with Crippen molar-refractivity contribution in [3.8, 4) is 5.75 Å². The summed E-state index contributed by atoms with van der Waals surface area (Å²) in [6.45, 7) is 7.63. The van der Waals surface area contributed by atoms with Crippen LogP contribution in [0.3, 0.4) is 0 Å². The normalized spacial score (nSPS) is 11.8. The van der Waals surface area contributed by atoms with Crippen LogP contribution in [0.1, 0.15) is 35.1 Å². The molecule has 1 aromatic heterocycles. The van der Waals surface area contributed by atoms with Gasteiger partial charge >= 0.3 is 6.18 Å². The molecule has 2 rings (SSSR count). The Hall–Kier alpha value is -1.98. The quantitative estimate of drug-likeness (QED) is 0.294. The van der Waals surface area contributed by atoms with Crippen LogP contribution in [0.15, 0.2) is 27.7 Å². The van der Waals surface area contributed by atoms with Crippen molar-refractivity contribution in [3.63, 3.8) is 0 Å². The van der Waals surface area contributed by atoms with Gasteiger partial charge in [0.15, 0.2) is 12.6 Å². The van der Waals surface area contributed by atoms with E-state index < -0.39 is 12.8 Å². The molecule has 168 valence electrons. The molecule has 0 saturated carbocycles. The molecule has 0 saturated heterocycles. The van der Waals surface area contributed by atoms with Crippen molar-refractivity contribution in [1.82, 2.24) is 15.8 Å². The number of hydrogen-bond acceptors (Lipinski definition) is 4. The van der Waals surface area contributed by atoms with Gasteiger partial charge in [-0.2, -0.15) is 13.2 Å². The van der Waals surface area contributed by atoms with Crippen LogP contribution in [0.2, 0.25) is 0 Å². The van der Waals surface area contributed by atoms with E-state index in [1.165, 1.54) is 0 Å². The molecule has 0 unspecified atom stereocenters. The van der Waals surface area contributed by atoms with Crippen LogP contribution in [-0.2, 0) is 13.0 Å². The lowest BCUT2D eigenvalue weighted by Gasteiger charge is -2.14. The van der Waals surface area contributed by atoms with Gasteiger partial charge in [-0.3, -0.25) is 0 Å². The van der Waals surface area contributed by atoms with Gasteiger partial charge in [0.05, 0.1) is 12.2 Å². The number of alkyl halides is 3. The Morgan fingerprint density at radius 3 is 2.53 bits per heavy atom. The highest BCUT2D eigenvalue weighted by Gasteiger charge is 2.28. The first-order chi connectivity index (χ1) is 13.7. The lowest BCUT2D eigenvalue weighted by molar-refractivity contribution is -0.153. The van der Waals surface area contributed by atoms with E-state index >= 15 is 0 Å². The fraction of sp³-hybridized carbons (Fsp3) is 0.500. The summed E-state index contributed by atoms with van der Waals surface area (Å²) in [7, 11) is 0. The second-order valence-corrected chi connectivity index (χ2v) is 6.69. The number of aliphatic imine (C=N–C) groups is 1. The van der Waals surface area contributed by atoms with Crippen molar-refractivity contribution in [1.29, 1.82) is 0 Å². The molecule has 1 aromatic carbocycles. The van der Waals surface area contributed by atoms with E-state index in [4.69, 9.17) is 9.26 Å². The van der Waals surface area contributed by atoms with Crippen molar-refractivity contribution >= 4 is 29.9 Å². The lowest BCUT2D eigenvalue weighted by atomic mass is 10.1. The zero-order valence-electron chi connectivity index (χ0n) is 17.5. The zero-order valence-corrected chi connectivity index (χ0v) is 19.9. The van der Waals surface area contributed by atoms with Gasteiger partial charge in [0.1, 0.15) is 11.5 Å². The Morgan fingerprint density at radius 1 is 1.20 bits per heavy atom. The minimum Gasteiger partial charge on any atom is -0.484 e. The number of guanidine groups is 1. The van der Waals surface area contributed by atoms with Gasteiger partial charge < -0.3 is 19.9 Å². The maximum atomic E-state index is 12.5. The van der Waals surface area contributed by atoms with E-state index in [0.717, 1.165) is 29.0 Å². The maximum Gasteiger partial charge on any atom is 0.422 e. The first-order valence-corrected chi connectivity index (χ1v) is 9.42. The third-order valence-corrected chi connectivity index (χ3v) is 4.21. The van der Waals surface area contributed by atoms with Crippen molar-refractivity contribution in [3.05, 3.63) is 46.3 Å². The van der Waals surface area contributed by atoms with Crippen LogP contribution in [-0.4, -0.2) is 37.0 Å². The molecule has 0 bridgehead atoms. The second kappa shape index (κ2) is 12.0. The van der Waals surface area contributed by atoms with E-state index in [1.54, 1.807) is 19.1 Å². The number of aromatic nitrogens is 1. The number of rotatable bonds is 8. The molecule has 2 N–H and O–H groups in total. The minimum atomic E-state index is -4.39. The molecule has 0 spiro atoms. The van der Waals surface area contributed by atoms with Crippen molar-refractivity contribution in [2.75, 3.05) is 19.7 Å². The fourth-order valence-corrected chi connectivity index (χ4v) is 2.76. The average Bonchev–Trinajstić information content (AvgIpc) is 2.96. The van der Waals surface area contributed by atoms with Crippen LogP contribution >= 0.6 is 24.0 Å². The Labute approximate surface area is 191 Å². The molecule has 0 aliphatic heterocycles. The smallest absolute Gasteiger partial charge is 0.422 e.